The molecular formula is C10H21ClNO2Y-. The summed E-state index contributed by atoms with van der Waals surface area (Å²) in [6, 6.07) is 0. The van der Waals surface area contributed by atoms with E-state index < -0.39 is 0 Å². The minimum Gasteiger partial charge on any atom is -0.676 e. The van der Waals surface area contributed by atoms with Gasteiger partial charge in [0, 0.05) is 51.8 Å². The van der Waals surface area contributed by atoms with Crippen molar-refractivity contribution in [2.75, 3.05) is 38.9 Å². The van der Waals surface area contributed by atoms with Gasteiger partial charge in [-0.15, -0.1) is 18.1 Å². The maximum Gasteiger partial charge on any atom is 0.0700 e. The summed E-state index contributed by atoms with van der Waals surface area (Å²) in [6.07, 6.45) is 4.60. The number of alkyl halides is 1. The first kappa shape index (κ1) is 18.6. The monoisotopic (exact) mass is 311 g/mol. The van der Waals surface area contributed by atoms with Crippen LogP contribution in [0.25, 0.3) is 5.73 Å². The second kappa shape index (κ2) is 17.7. The van der Waals surface area contributed by atoms with Crippen LogP contribution in [-0.4, -0.2) is 38.9 Å². The fraction of sp³-hybridized carbons (Fsp3) is 1.00. The molecule has 0 saturated heterocycles. The SMILES string of the molecule is [NH-]CCOCCOCCCCCCCl.[Y]. The van der Waals surface area contributed by atoms with E-state index >= 15 is 0 Å². The van der Waals surface area contributed by atoms with Crippen LogP contribution >= 0.6 is 11.6 Å². The summed E-state index contributed by atoms with van der Waals surface area (Å²) in [5.74, 6) is 0.766. The Bertz CT molecular complexity index is 97.4. The number of nitrogens with one attached hydrogen (secondary N) is 1. The Balaban J connectivity index is 0. The van der Waals surface area contributed by atoms with Gasteiger partial charge in [0.15, 0.2) is 0 Å². The molecule has 89 valence electrons. The number of unbranched alkanes of at least 4 members (excludes halogenated alkanes) is 3. The Morgan fingerprint density at radius 1 is 0.800 bits per heavy atom. The molecule has 3 nitrogen and oxygen atoms in total. The molecule has 15 heavy (non-hydrogen) atoms. The molecule has 0 amide bonds. The molecule has 0 aliphatic rings. The molecule has 0 atom stereocenters. The molecule has 1 radical (unpaired) electrons. The zero-order valence-corrected chi connectivity index (χ0v) is 12.9. The number of rotatable bonds is 11. The molecule has 0 aliphatic carbocycles. The van der Waals surface area contributed by atoms with Gasteiger partial charge in [-0.25, -0.2) is 0 Å². The Labute approximate surface area is 123 Å². The maximum absolute atomic E-state index is 6.84. The standard InChI is InChI=1S/C10H21ClNO2.Y/c11-5-3-1-2-4-7-13-9-10-14-8-6-12;/h12H,1-10H2;/q-1;. The Hall–Kier alpha value is 1.27. The third kappa shape index (κ3) is 17.9. The number of hydrogen-bond acceptors (Lipinski definition) is 2. The first-order valence-corrected chi connectivity index (χ1v) is 5.81. The van der Waals surface area contributed by atoms with Crippen LogP contribution in [0.1, 0.15) is 25.7 Å². The Kier molecular flexibility index (Phi) is 21.9. The minimum absolute atomic E-state index is 0. The van der Waals surface area contributed by atoms with Crippen LogP contribution < -0.4 is 0 Å². The number of hydrogen-bond donors (Lipinski definition) is 0. The second-order valence-corrected chi connectivity index (χ2v) is 3.46. The van der Waals surface area contributed by atoms with Crippen molar-refractivity contribution in [3.63, 3.8) is 0 Å². The van der Waals surface area contributed by atoms with Crippen molar-refractivity contribution in [2.45, 2.75) is 25.7 Å². The van der Waals surface area contributed by atoms with Gasteiger partial charge in [0.1, 0.15) is 0 Å². The first-order chi connectivity index (χ1) is 6.91. The van der Waals surface area contributed by atoms with E-state index in [4.69, 9.17) is 26.8 Å². The van der Waals surface area contributed by atoms with Crippen LogP contribution in [0.15, 0.2) is 0 Å². The van der Waals surface area contributed by atoms with Gasteiger partial charge < -0.3 is 15.2 Å². The zero-order valence-electron chi connectivity index (χ0n) is 9.34. The molecular weight excluding hydrogens is 290 g/mol. The molecule has 0 unspecified atom stereocenters. The Morgan fingerprint density at radius 2 is 1.40 bits per heavy atom. The van der Waals surface area contributed by atoms with Crippen molar-refractivity contribution >= 4 is 11.6 Å². The quantitative estimate of drug-likeness (QED) is 0.435. The van der Waals surface area contributed by atoms with E-state index in [1.165, 1.54) is 12.8 Å². The van der Waals surface area contributed by atoms with E-state index in [-0.39, 0.29) is 32.7 Å². The first-order valence-electron chi connectivity index (χ1n) is 5.28. The van der Waals surface area contributed by atoms with E-state index in [1.807, 2.05) is 0 Å². The predicted octanol–water partition coefficient (Wildman–Crippen LogP) is 2.87. The minimum atomic E-state index is 0. The zero-order chi connectivity index (χ0) is 10.5. The van der Waals surface area contributed by atoms with Crippen LogP contribution in [0.2, 0.25) is 0 Å². The van der Waals surface area contributed by atoms with Gasteiger partial charge in [-0.05, 0) is 12.8 Å². The van der Waals surface area contributed by atoms with Gasteiger partial charge in [0.05, 0.1) is 13.2 Å². The van der Waals surface area contributed by atoms with E-state index in [2.05, 4.69) is 0 Å². The van der Waals surface area contributed by atoms with Gasteiger partial charge in [-0.3, -0.25) is 0 Å². The normalized spacial score (nSPS) is 10.0. The van der Waals surface area contributed by atoms with Gasteiger partial charge in [0.25, 0.3) is 0 Å². The number of ether oxygens (including phenoxy) is 2. The molecule has 0 bridgehead atoms. The van der Waals surface area contributed by atoms with Crippen LogP contribution in [0, 0.1) is 0 Å². The van der Waals surface area contributed by atoms with Crippen molar-refractivity contribution in [1.82, 2.24) is 0 Å². The summed E-state index contributed by atoms with van der Waals surface area (Å²) >= 11 is 5.55. The van der Waals surface area contributed by atoms with Crippen molar-refractivity contribution in [1.29, 1.82) is 0 Å². The predicted molar refractivity (Wildman–Crippen MR) is 60.0 cm³/mol. The average Bonchev–Trinajstić information content (AvgIpc) is 2.21. The van der Waals surface area contributed by atoms with Crippen molar-refractivity contribution in [3.05, 3.63) is 5.73 Å². The smallest absolute Gasteiger partial charge is 0.0700 e. The summed E-state index contributed by atoms with van der Waals surface area (Å²) in [5.41, 5.74) is 6.84. The van der Waals surface area contributed by atoms with Crippen LogP contribution in [-0.2, 0) is 42.2 Å². The molecule has 0 aromatic rings. The van der Waals surface area contributed by atoms with Gasteiger partial charge in [-0.1, -0.05) is 12.8 Å². The van der Waals surface area contributed by atoms with E-state index in [9.17, 15) is 0 Å². The molecule has 0 aromatic carbocycles. The fourth-order valence-corrected chi connectivity index (χ4v) is 1.24. The third-order valence-electron chi connectivity index (χ3n) is 1.79. The molecule has 0 saturated carbocycles. The molecule has 0 spiro atoms. The molecule has 0 aromatic heterocycles. The van der Waals surface area contributed by atoms with E-state index in [1.54, 1.807) is 0 Å². The Morgan fingerprint density at radius 3 is 2.00 bits per heavy atom. The third-order valence-corrected chi connectivity index (χ3v) is 2.06. The summed E-state index contributed by atoms with van der Waals surface area (Å²) in [7, 11) is 0. The van der Waals surface area contributed by atoms with Crippen LogP contribution in [0.4, 0.5) is 0 Å². The molecule has 1 N–H and O–H groups in total. The second-order valence-electron chi connectivity index (χ2n) is 3.08. The summed E-state index contributed by atoms with van der Waals surface area (Å²) < 4.78 is 10.4. The summed E-state index contributed by atoms with van der Waals surface area (Å²) in [6.45, 7) is 2.92. The van der Waals surface area contributed by atoms with Crippen molar-refractivity contribution in [3.8, 4) is 0 Å². The van der Waals surface area contributed by atoms with Crippen LogP contribution in [0.3, 0.4) is 0 Å². The number of halogens is 1. The van der Waals surface area contributed by atoms with Crippen molar-refractivity contribution in [2.24, 2.45) is 0 Å². The van der Waals surface area contributed by atoms with Crippen molar-refractivity contribution < 1.29 is 42.2 Å². The van der Waals surface area contributed by atoms with Gasteiger partial charge in [-0.2, -0.15) is 0 Å². The largest absolute Gasteiger partial charge is 0.676 e. The topological polar surface area (TPSA) is 42.3 Å². The van der Waals surface area contributed by atoms with E-state index in [0.29, 0.717) is 26.4 Å². The molecule has 0 rings (SSSR count). The maximum atomic E-state index is 6.84. The molecule has 0 heterocycles. The van der Waals surface area contributed by atoms with Gasteiger partial charge >= 0.3 is 0 Å². The molecule has 0 fully saturated rings. The van der Waals surface area contributed by atoms with Gasteiger partial charge in [0.2, 0.25) is 0 Å². The average molecular weight is 312 g/mol. The molecule has 0 aliphatic heterocycles. The fourth-order valence-electron chi connectivity index (χ4n) is 1.05. The molecule has 5 heteroatoms. The van der Waals surface area contributed by atoms with Crippen LogP contribution in [0.5, 0.6) is 0 Å². The summed E-state index contributed by atoms with van der Waals surface area (Å²) in [5, 5.41) is 0. The summed E-state index contributed by atoms with van der Waals surface area (Å²) in [4.78, 5) is 0. The van der Waals surface area contributed by atoms with E-state index in [0.717, 1.165) is 25.3 Å².